The Morgan fingerprint density at radius 1 is 0.850 bits per heavy atom. The van der Waals surface area contributed by atoms with Crippen LogP contribution in [0.2, 0.25) is 15.1 Å². The first-order valence-corrected chi connectivity index (χ1v) is 7.03. The second kappa shape index (κ2) is 5.49. The van der Waals surface area contributed by atoms with Gasteiger partial charge >= 0.3 is 0 Å². The summed E-state index contributed by atoms with van der Waals surface area (Å²) in [7, 11) is 0. The van der Waals surface area contributed by atoms with E-state index in [0.717, 1.165) is 16.8 Å². The van der Waals surface area contributed by atoms with Crippen molar-refractivity contribution >= 4 is 34.8 Å². The summed E-state index contributed by atoms with van der Waals surface area (Å²) in [6.45, 7) is 0. The molecule has 2 nitrogen and oxygen atoms in total. The predicted molar refractivity (Wildman–Crippen MR) is 84.0 cm³/mol. The molecule has 0 saturated heterocycles. The van der Waals surface area contributed by atoms with Crippen LogP contribution in [0.1, 0.15) is 0 Å². The Labute approximate surface area is 131 Å². The summed E-state index contributed by atoms with van der Waals surface area (Å²) in [5.41, 5.74) is 2.74. The van der Waals surface area contributed by atoms with Crippen LogP contribution in [0.3, 0.4) is 0 Å². The fraction of sp³-hybridized carbons (Fsp3) is 0. The average molecular weight is 324 g/mol. The van der Waals surface area contributed by atoms with Crippen molar-refractivity contribution in [2.45, 2.75) is 0 Å². The standard InChI is InChI=1S/C15H9Cl3N2/c16-13-4-2-1-3-12(13)10-8-19-20(9-10)11-5-6-14(17)15(18)7-11/h1-9H. The van der Waals surface area contributed by atoms with Crippen LogP contribution in [0.5, 0.6) is 0 Å². The lowest BCUT2D eigenvalue weighted by molar-refractivity contribution is 0.881. The van der Waals surface area contributed by atoms with E-state index in [1.165, 1.54) is 0 Å². The third-order valence-corrected chi connectivity index (χ3v) is 4.00. The van der Waals surface area contributed by atoms with Gasteiger partial charge in [-0.2, -0.15) is 5.10 Å². The minimum atomic E-state index is 0.499. The normalized spacial score (nSPS) is 10.8. The number of hydrogen-bond acceptors (Lipinski definition) is 1. The van der Waals surface area contributed by atoms with Gasteiger partial charge in [0.2, 0.25) is 0 Å². The number of nitrogens with zero attached hydrogens (tertiary/aromatic N) is 2. The van der Waals surface area contributed by atoms with E-state index in [2.05, 4.69) is 5.10 Å². The predicted octanol–water partition coefficient (Wildman–Crippen LogP) is 5.50. The van der Waals surface area contributed by atoms with Gasteiger partial charge in [-0.1, -0.05) is 53.0 Å². The molecule has 3 rings (SSSR count). The molecule has 1 heterocycles. The summed E-state index contributed by atoms with van der Waals surface area (Å²) in [4.78, 5) is 0. The summed E-state index contributed by atoms with van der Waals surface area (Å²) in [5.74, 6) is 0. The Hall–Kier alpha value is -1.48. The van der Waals surface area contributed by atoms with Gasteiger partial charge in [-0.25, -0.2) is 4.68 Å². The molecule has 0 aliphatic carbocycles. The maximum atomic E-state index is 6.18. The van der Waals surface area contributed by atoms with Crippen molar-refractivity contribution < 1.29 is 0 Å². The van der Waals surface area contributed by atoms with Crippen molar-refractivity contribution in [3.05, 3.63) is 69.9 Å². The molecule has 0 unspecified atom stereocenters. The third-order valence-electron chi connectivity index (χ3n) is 2.94. The van der Waals surface area contributed by atoms with Crippen molar-refractivity contribution in [2.24, 2.45) is 0 Å². The van der Waals surface area contributed by atoms with Crippen molar-refractivity contribution in [1.29, 1.82) is 0 Å². The summed E-state index contributed by atoms with van der Waals surface area (Å²) in [6.07, 6.45) is 3.67. The van der Waals surface area contributed by atoms with Crippen LogP contribution in [-0.2, 0) is 0 Å². The van der Waals surface area contributed by atoms with Crippen molar-refractivity contribution in [2.75, 3.05) is 0 Å². The van der Waals surface area contributed by atoms with Gasteiger partial charge in [-0.15, -0.1) is 0 Å². The minimum Gasteiger partial charge on any atom is -0.240 e. The van der Waals surface area contributed by atoms with Gasteiger partial charge in [0.1, 0.15) is 0 Å². The number of rotatable bonds is 2. The smallest absolute Gasteiger partial charge is 0.0661 e. The molecular weight excluding hydrogens is 315 g/mol. The number of hydrogen-bond donors (Lipinski definition) is 0. The quantitative estimate of drug-likeness (QED) is 0.609. The lowest BCUT2D eigenvalue weighted by Crippen LogP contribution is -1.93. The second-order valence-electron chi connectivity index (χ2n) is 4.25. The molecule has 0 amide bonds. The van der Waals surface area contributed by atoms with Gasteiger partial charge < -0.3 is 0 Å². The van der Waals surface area contributed by atoms with Gasteiger partial charge in [-0.05, 0) is 24.3 Å². The lowest BCUT2D eigenvalue weighted by Gasteiger charge is -2.03. The Balaban J connectivity index is 2.02. The van der Waals surface area contributed by atoms with Crippen LogP contribution in [0.4, 0.5) is 0 Å². The molecule has 0 aliphatic rings. The largest absolute Gasteiger partial charge is 0.240 e. The second-order valence-corrected chi connectivity index (χ2v) is 5.47. The molecule has 0 saturated carbocycles. The molecule has 0 fully saturated rings. The molecule has 2 aromatic carbocycles. The van der Waals surface area contributed by atoms with Crippen LogP contribution in [-0.4, -0.2) is 9.78 Å². The van der Waals surface area contributed by atoms with Crippen molar-refractivity contribution in [3.63, 3.8) is 0 Å². The van der Waals surface area contributed by atoms with E-state index in [9.17, 15) is 0 Å². The molecule has 20 heavy (non-hydrogen) atoms. The van der Waals surface area contributed by atoms with E-state index >= 15 is 0 Å². The highest BCUT2D eigenvalue weighted by molar-refractivity contribution is 6.42. The monoisotopic (exact) mass is 322 g/mol. The van der Waals surface area contributed by atoms with Crippen LogP contribution >= 0.6 is 34.8 Å². The zero-order valence-corrected chi connectivity index (χ0v) is 12.5. The number of benzene rings is 2. The van der Waals surface area contributed by atoms with Crippen LogP contribution in [0, 0.1) is 0 Å². The van der Waals surface area contributed by atoms with Crippen LogP contribution < -0.4 is 0 Å². The fourth-order valence-corrected chi connectivity index (χ4v) is 2.46. The van der Waals surface area contributed by atoms with Gasteiger partial charge in [0.15, 0.2) is 0 Å². The molecule has 1 aromatic heterocycles. The van der Waals surface area contributed by atoms with Crippen molar-refractivity contribution in [1.82, 2.24) is 9.78 Å². The Morgan fingerprint density at radius 3 is 2.40 bits per heavy atom. The first kappa shape index (κ1) is 13.5. The first-order chi connectivity index (χ1) is 9.65. The fourth-order valence-electron chi connectivity index (χ4n) is 1.93. The van der Waals surface area contributed by atoms with E-state index in [1.807, 2.05) is 36.5 Å². The molecular formula is C15H9Cl3N2. The van der Waals surface area contributed by atoms with Gasteiger partial charge in [-0.3, -0.25) is 0 Å². The summed E-state index contributed by atoms with van der Waals surface area (Å²) >= 11 is 18.1. The molecule has 3 aromatic rings. The zero-order chi connectivity index (χ0) is 14.1. The average Bonchev–Trinajstić information content (AvgIpc) is 2.92. The highest BCUT2D eigenvalue weighted by atomic mass is 35.5. The number of aromatic nitrogens is 2. The van der Waals surface area contributed by atoms with Gasteiger partial charge in [0.05, 0.1) is 21.9 Å². The molecule has 0 aliphatic heterocycles. The molecule has 0 radical (unpaired) electrons. The van der Waals surface area contributed by atoms with E-state index in [1.54, 1.807) is 23.0 Å². The molecule has 5 heteroatoms. The van der Waals surface area contributed by atoms with Crippen LogP contribution in [0.15, 0.2) is 54.9 Å². The van der Waals surface area contributed by atoms with E-state index in [4.69, 9.17) is 34.8 Å². The highest BCUT2D eigenvalue weighted by Gasteiger charge is 2.07. The Kier molecular flexibility index (Phi) is 3.70. The van der Waals surface area contributed by atoms with E-state index < -0.39 is 0 Å². The zero-order valence-electron chi connectivity index (χ0n) is 10.2. The van der Waals surface area contributed by atoms with E-state index in [-0.39, 0.29) is 0 Å². The minimum absolute atomic E-state index is 0.499. The summed E-state index contributed by atoms with van der Waals surface area (Å²) in [5, 5.41) is 6.05. The van der Waals surface area contributed by atoms with Crippen molar-refractivity contribution in [3.8, 4) is 16.8 Å². The summed E-state index contributed by atoms with van der Waals surface area (Å²) < 4.78 is 1.74. The SMILES string of the molecule is Clc1ccc(-n2cc(-c3ccccc3Cl)cn2)cc1Cl. The third kappa shape index (κ3) is 2.55. The molecule has 0 spiro atoms. The molecule has 100 valence electrons. The maximum absolute atomic E-state index is 6.18. The molecule has 0 atom stereocenters. The lowest BCUT2D eigenvalue weighted by atomic mass is 10.1. The first-order valence-electron chi connectivity index (χ1n) is 5.90. The molecule has 0 N–H and O–H groups in total. The maximum Gasteiger partial charge on any atom is 0.0661 e. The van der Waals surface area contributed by atoms with E-state index in [0.29, 0.717) is 15.1 Å². The Bertz CT molecular complexity index is 765. The highest BCUT2D eigenvalue weighted by Crippen LogP contribution is 2.29. The van der Waals surface area contributed by atoms with Gasteiger partial charge in [0.25, 0.3) is 0 Å². The van der Waals surface area contributed by atoms with Gasteiger partial charge in [0, 0.05) is 22.3 Å². The number of halogens is 3. The van der Waals surface area contributed by atoms with Crippen LogP contribution in [0.25, 0.3) is 16.8 Å². The molecule has 0 bridgehead atoms. The Morgan fingerprint density at radius 2 is 1.65 bits per heavy atom. The topological polar surface area (TPSA) is 17.8 Å². The summed E-state index contributed by atoms with van der Waals surface area (Å²) in [6, 6.07) is 13.0.